The summed E-state index contributed by atoms with van der Waals surface area (Å²) in [6.07, 6.45) is 2.81. The van der Waals surface area contributed by atoms with E-state index in [-0.39, 0.29) is 23.8 Å². The molecule has 1 aromatic heterocycles. The highest BCUT2D eigenvalue weighted by molar-refractivity contribution is 6.43. The number of hydrogen-bond acceptors (Lipinski definition) is 6. The van der Waals surface area contributed by atoms with Crippen molar-refractivity contribution in [2.45, 2.75) is 39.2 Å². The molecule has 3 aromatic rings. The SMILES string of the molecule is CCOC(=O)c1nc(-c2cccc(Cl)c2Cl)c(C)nc1N1CCC2(CC1)Cc1ccccc1C2N. The van der Waals surface area contributed by atoms with Crippen molar-refractivity contribution >= 4 is 35.0 Å². The molecule has 1 saturated heterocycles. The van der Waals surface area contributed by atoms with Crippen molar-refractivity contribution in [1.82, 2.24) is 9.97 Å². The molecule has 2 N–H and O–H groups in total. The number of halogens is 2. The number of piperidine rings is 1. The van der Waals surface area contributed by atoms with E-state index in [0.29, 0.717) is 32.8 Å². The second kappa shape index (κ2) is 9.41. The van der Waals surface area contributed by atoms with Crippen LogP contribution in [0, 0.1) is 12.3 Å². The second-order valence-electron chi connectivity index (χ2n) is 9.35. The van der Waals surface area contributed by atoms with Gasteiger partial charge in [0, 0.05) is 24.7 Å². The second-order valence-corrected chi connectivity index (χ2v) is 10.1. The molecule has 0 saturated carbocycles. The maximum absolute atomic E-state index is 13.0. The van der Waals surface area contributed by atoms with Crippen LogP contribution in [0.15, 0.2) is 42.5 Å². The topological polar surface area (TPSA) is 81.3 Å². The third-order valence-electron chi connectivity index (χ3n) is 7.38. The van der Waals surface area contributed by atoms with Crippen LogP contribution in [0.1, 0.15) is 53.1 Å². The standard InChI is InChI=1S/C27H28Cl2N4O2/c1-3-35-26(34)23-25(31-16(2)22(32-23)19-9-6-10-20(28)21(19)29)33-13-11-27(12-14-33)15-17-7-4-5-8-18(17)24(27)30/h4-10,24H,3,11-15,30H2,1-2H3. The summed E-state index contributed by atoms with van der Waals surface area (Å²) in [7, 11) is 0. The van der Waals surface area contributed by atoms with Gasteiger partial charge in [0.05, 0.1) is 28.0 Å². The highest BCUT2D eigenvalue weighted by Crippen LogP contribution is 2.51. The summed E-state index contributed by atoms with van der Waals surface area (Å²) >= 11 is 12.7. The lowest BCUT2D eigenvalue weighted by Gasteiger charge is -2.42. The van der Waals surface area contributed by atoms with Crippen LogP contribution < -0.4 is 10.6 Å². The van der Waals surface area contributed by atoms with E-state index in [4.69, 9.17) is 43.6 Å². The van der Waals surface area contributed by atoms with Gasteiger partial charge in [-0.1, -0.05) is 59.6 Å². The van der Waals surface area contributed by atoms with Crippen molar-refractivity contribution in [1.29, 1.82) is 0 Å². The summed E-state index contributed by atoms with van der Waals surface area (Å²) in [6, 6.07) is 13.8. The number of fused-ring (bicyclic) bond motifs is 1. The predicted octanol–water partition coefficient (Wildman–Crippen LogP) is 5.78. The predicted molar refractivity (Wildman–Crippen MR) is 139 cm³/mol. The molecule has 2 heterocycles. The quantitative estimate of drug-likeness (QED) is 0.448. The fraction of sp³-hybridized carbons (Fsp3) is 0.370. The normalized spacial score (nSPS) is 18.5. The van der Waals surface area contributed by atoms with Gasteiger partial charge in [0.1, 0.15) is 0 Å². The molecular weight excluding hydrogens is 483 g/mol. The molecule has 0 amide bonds. The molecule has 35 heavy (non-hydrogen) atoms. The molecule has 1 aliphatic heterocycles. The summed E-state index contributed by atoms with van der Waals surface area (Å²) in [4.78, 5) is 24.7. The first-order valence-corrected chi connectivity index (χ1v) is 12.7. The van der Waals surface area contributed by atoms with Gasteiger partial charge in [0.25, 0.3) is 0 Å². The van der Waals surface area contributed by atoms with Gasteiger partial charge in [-0.15, -0.1) is 0 Å². The molecule has 1 aliphatic carbocycles. The third-order valence-corrected chi connectivity index (χ3v) is 8.20. The number of carbonyl (C=O) groups excluding carboxylic acids is 1. The number of hydrogen-bond donors (Lipinski definition) is 1. The number of aromatic nitrogens is 2. The molecule has 2 aliphatic rings. The molecule has 1 spiro atoms. The Morgan fingerprint density at radius 2 is 1.89 bits per heavy atom. The molecule has 8 heteroatoms. The number of nitrogens with zero attached hydrogens (tertiary/aromatic N) is 3. The Bertz CT molecular complexity index is 1290. The van der Waals surface area contributed by atoms with Crippen LogP contribution >= 0.6 is 23.2 Å². The average molecular weight is 511 g/mol. The molecule has 1 unspecified atom stereocenters. The van der Waals surface area contributed by atoms with Crippen LogP contribution in [0.2, 0.25) is 10.0 Å². The summed E-state index contributed by atoms with van der Waals surface area (Å²) in [5.41, 5.74) is 11.4. The third kappa shape index (κ3) is 4.18. The zero-order valence-electron chi connectivity index (χ0n) is 19.9. The molecular formula is C27H28Cl2N4O2. The van der Waals surface area contributed by atoms with E-state index in [2.05, 4.69) is 29.2 Å². The Morgan fingerprint density at radius 3 is 2.60 bits per heavy atom. The summed E-state index contributed by atoms with van der Waals surface area (Å²) in [5.74, 6) is 0.0430. The number of carbonyl (C=O) groups is 1. The van der Waals surface area contributed by atoms with Crippen molar-refractivity contribution < 1.29 is 9.53 Å². The van der Waals surface area contributed by atoms with Gasteiger partial charge in [0.2, 0.25) is 0 Å². The molecule has 1 fully saturated rings. The van der Waals surface area contributed by atoms with E-state index < -0.39 is 5.97 Å². The van der Waals surface area contributed by atoms with Crippen LogP contribution in [-0.2, 0) is 11.2 Å². The number of esters is 1. The molecule has 2 aromatic carbocycles. The number of aryl methyl sites for hydroxylation is 1. The largest absolute Gasteiger partial charge is 0.461 e. The van der Waals surface area contributed by atoms with Gasteiger partial charge in [-0.3, -0.25) is 0 Å². The Morgan fingerprint density at radius 1 is 1.14 bits per heavy atom. The Balaban J connectivity index is 1.48. The number of rotatable bonds is 4. The average Bonchev–Trinajstić information content (AvgIpc) is 3.12. The van der Waals surface area contributed by atoms with Crippen molar-refractivity contribution in [2.24, 2.45) is 11.1 Å². The summed E-state index contributed by atoms with van der Waals surface area (Å²) < 4.78 is 5.35. The van der Waals surface area contributed by atoms with Gasteiger partial charge in [-0.2, -0.15) is 0 Å². The van der Waals surface area contributed by atoms with E-state index in [1.807, 2.05) is 13.0 Å². The lowest BCUT2D eigenvalue weighted by molar-refractivity contribution is 0.0519. The van der Waals surface area contributed by atoms with Crippen LogP contribution in [0.3, 0.4) is 0 Å². The number of ether oxygens (including phenoxy) is 1. The molecule has 0 bridgehead atoms. The highest BCUT2D eigenvalue weighted by Gasteiger charge is 2.46. The first-order valence-electron chi connectivity index (χ1n) is 11.9. The van der Waals surface area contributed by atoms with Crippen molar-refractivity contribution in [2.75, 3.05) is 24.6 Å². The minimum atomic E-state index is -0.500. The van der Waals surface area contributed by atoms with Crippen molar-refractivity contribution in [3.8, 4) is 11.3 Å². The van der Waals surface area contributed by atoms with E-state index in [0.717, 1.165) is 32.4 Å². The van der Waals surface area contributed by atoms with E-state index in [9.17, 15) is 4.79 Å². The van der Waals surface area contributed by atoms with Gasteiger partial charge in [-0.05, 0) is 55.7 Å². The van der Waals surface area contributed by atoms with Gasteiger partial charge >= 0.3 is 5.97 Å². The van der Waals surface area contributed by atoms with Crippen molar-refractivity contribution in [3.05, 3.63) is 75.0 Å². The zero-order valence-corrected chi connectivity index (χ0v) is 21.4. The first kappa shape index (κ1) is 24.0. The minimum Gasteiger partial charge on any atom is -0.461 e. The van der Waals surface area contributed by atoms with E-state index >= 15 is 0 Å². The summed E-state index contributed by atoms with van der Waals surface area (Å²) in [5, 5.41) is 0.797. The maximum Gasteiger partial charge on any atom is 0.360 e. The zero-order chi connectivity index (χ0) is 24.7. The smallest absolute Gasteiger partial charge is 0.360 e. The monoisotopic (exact) mass is 510 g/mol. The lowest BCUT2D eigenvalue weighted by Crippen LogP contribution is -2.45. The van der Waals surface area contributed by atoms with Gasteiger partial charge in [-0.25, -0.2) is 14.8 Å². The molecule has 5 rings (SSSR count). The Labute approximate surface area is 215 Å². The minimum absolute atomic E-state index is 0.0190. The maximum atomic E-state index is 13.0. The lowest BCUT2D eigenvalue weighted by atomic mass is 9.73. The van der Waals surface area contributed by atoms with Crippen LogP contribution in [0.5, 0.6) is 0 Å². The number of anilines is 1. The molecule has 6 nitrogen and oxygen atoms in total. The van der Waals surface area contributed by atoms with Crippen LogP contribution in [-0.4, -0.2) is 35.6 Å². The highest BCUT2D eigenvalue weighted by atomic mass is 35.5. The Hall–Kier alpha value is -2.67. The van der Waals surface area contributed by atoms with E-state index in [1.54, 1.807) is 19.1 Å². The first-order chi connectivity index (χ1) is 16.8. The fourth-order valence-electron chi connectivity index (χ4n) is 5.48. The number of nitrogens with two attached hydrogens (primary N) is 1. The van der Waals surface area contributed by atoms with Crippen LogP contribution in [0.25, 0.3) is 11.3 Å². The fourth-order valence-corrected chi connectivity index (χ4v) is 5.87. The summed E-state index contributed by atoms with van der Waals surface area (Å²) in [6.45, 7) is 5.36. The molecule has 182 valence electrons. The van der Waals surface area contributed by atoms with Gasteiger partial charge in [0.15, 0.2) is 11.5 Å². The van der Waals surface area contributed by atoms with Crippen molar-refractivity contribution in [3.63, 3.8) is 0 Å². The number of benzene rings is 2. The van der Waals surface area contributed by atoms with Crippen LogP contribution in [0.4, 0.5) is 5.82 Å². The Kier molecular flexibility index (Phi) is 6.47. The van der Waals surface area contributed by atoms with E-state index in [1.165, 1.54) is 11.1 Å². The van der Waals surface area contributed by atoms with Gasteiger partial charge < -0.3 is 15.4 Å². The molecule has 1 atom stereocenters. The molecule has 0 radical (unpaired) electrons.